The second kappa shape index (κ2) is 10.9. The molecule has 0 bridgehead atoms. The van der Waals surface area contributed by atoms with Crippen LogP contribution >= 0.6 is 12.2 Å². The van der Waals surface area contributed by atoms with Crippen LogP contribution in [0.25, 0.3) is 0 Å². The largest absolute Gasteiger partial charge is 0.493 e. The third-order valence-electron chi connectivity index (χ3n) is 3.28. The van der Waals surface area contributed by atoms with Gasteiger partial charge >= 0.3 is 0 Å². The second-order valence-corrected chi connectivity index (χ2v) is 6.42. The van der Waals surface area contributed by atoms with Crippen LogP contribution in [-0.2, 0) is 11.3 Å². The maximum Gasteiger partial charge on any atom is 0.226 e. The van der Waals surface area contributed by atoms with Crippen molar-refractivity contribution in [1.29, 1.82) is 0 Å². The lowest BCUT2D eigenvalue weighted by Gasteiger charge is -2.13. The minimum Gasteiger partial charge on any atom is -0.493 e. The molecule has 1 amide bonds. The molecule has 0 aliphatic carbocycles. The highest BCUT2D eigenvalue weighted by Gasteiger charge is 2.08. The number of ether oxygens (including phenoxy) is 2. The fraction of sp³-hybridized carbons (Fsp3) is 0.556. The summed E-state index contributed by atoms with van der Waals surface area (Å²) in [5.41, 5.74) is 0.996. The number of nitrogens with one attached hydrogen (secondary N) is 2. The van der Waals surface area contributed by atoms with Crippen molar-refractivity contribution >= 4 is 23.2 Å². The first-order valence-corrected chi connectivity index (χ1v) is 8.74. The Balaban J connectivity index is 2.53. The monoisotopic (exact) mass is 352 g/mol. The van der Waals surface area contributed by atoms with Gasteiger partial charge in [0.1, 0.15) is 0 Å². The second-order valence-electron chi connectivity index (χ2n) is 6.02. The highest BCUT2D eigenvalue weighted by molar-refractivity contribution is 7.80. The molecule has 0 unspecified atom stereocenters. The summed E-state index contributed by atoms with van der Waals surface area (Å²) in [6.45, 7) is 7.29. The van der Waals surface area contributed by atoms with E-state index in [0.29, 0.717) is 36.4 Å². The molecule has 0 aromatic heterocycles. The molecular formula is C18H28N2O3S. The predicted molar refractivity (Wildman–Crippen MR) is 100 cm³/mol. The zero-order valence-electron chi connectivity index (χ0n) is 15.0. The number of carbonyl (C=O) groups is 1. The van der Waals surface area contributed by atoms with Gasteiger partial charge in [-0.15, -0.1) is 0 Å². The predicted octanol–water partition coefficient (Wildman–Crippen LogP) is 3.41. The Morgan fingerprint density at radius 3 is 2.67 bits per heavy atom. The number of thiocarbonyl (C=S) groups is 1. The summed E-state index contributed by atoms with van der Waals surface area (Å²) in [6, 6.07) is 5.76. The zero-order valence-corrected chi connectivity index (χ0v) is 15.8. The molecule has 0 aliphatic rings. The van der Waals surface area contributed by atoms with Crippen molar-refractivity contribution in [2.75, 3.05) is 13.7 Å². The van der Waals surface area contributed by atoms with Gasteiger partial charge in [0.05, 0.1) is 13.7 Å². The third kappa shape index (κ3) is 7.64. The number of unbranched alkanes of at least 4 members (excludes halogenated alkanes) is 1. The average Bonchev–Trinajstić information content (AvgIpc) is 2.53. The number of hydrogen-bond donors (Lipinski definition) is 2. The number of benzene rings is 1. The molecule has 0 fully saturated rings. The molecule has 24 heavy (non-hydrogen) atoms. The van der Waals surface area contributed by atoms with Crippen LogP contribution < -0.4 is 20.1 Å². The minimum absolute atomic E-state index is 0.0697. The first-order chi connectivity index (χ1) is 11.5. The van der Waals surface area contributed by atoms with Crippen molar-refractivity contribution in [3.63, 3.8) is 0 Å². The molecule has 134 valence electrons. The van der Waals surface area contributed by atoms with E-state index in [-0.39, 0.29) is 5.91 Å². The van der Waals surface area contributed by atoms with Crippen LogP contribution in [0.3, 0.4) is 0 Å². The Morgan fingerprint density at radius 2 is 2.04 bits per heavy atom. The molecule has 0 radical (unpaired) electrons. The van der Waals surface area contributed by atoms with Gasteiger partial charge in [0.15, 0.2) is 16.6 Å². The smallest absolute Gasteiger partial charge is 0.226 e. The number of carbonyl (C=O) groups excluding carboxylic acids is 1. The van der Waals surface area contributed by atoms with E-state index in [1.165, 1.54) is 0 Å². The van der Waals surface area contributed by atoms with E-state index in [1.54, 1.807) is 7.11 Å². The molecule has 1 aromatic rings. The Labute approximate surface area is 150 Å². The van der Waals surface area contributed by atoms with Crippen LogP contribution in [-0.4, -0.2) is 24.7 Å². The lowest BCUT2D eigenvalue weighted by Crippen LogP contribution is -2.39. The molecule has 1 aromatic carbocycles. The van der Waals surface area contributed by atoms with Crippen LogP contribution in [0.5, 0.6) is 11.5 Å². The van der Waals surface area contributed by atoms with Crippen LogP contribution in [0.2, 0.25) is 0 Å². The van der Waals surface area contributed by atoms with Crippen molar-refractivity contribution < 1.29 is 14.3 Å². The van der Waals surface area contributed by atoms with Gasteiger partial charge in [0, 0.05) is 13.0 Å². The Morgan fingerprint density at radius 1 is 1.29 bits per heavy atom. The Kier molecular flexibility index (Phi) is 9.15. The summed E-state index contributed by atoms with van der Waals surface area (Å²) in [6.07, 6.45) is 2.56. The van der Waals surface area contributed by atoms with Crippen LogP contribution in [0.4, 0.5) is 0 Å². The van der Waals surface area contributed by atoms with Gasteiger partial charge in [0.25, 0.3) is 0 Å². The Bertz CT molecular complexity index is 547. The molecule has 6 heteroatoms. The van der Waals surface area contributed by atoms with E-state index < -0.39 is 0 Å². The number of methoxy groups -OCH3 is 1. The first kappa shape index (κ1) is 20.2. The number of rotatable bonds is 9. The quantitative estimate of drug-likeness (QED) is 0.527. The molecule has 0 heterocycles. The van der Waals surface area contributed by atoms with Crippen molar-refractivity contribution in [3.05, 3.63) is 23.8 Å². The fourth-order valence-electron chi connectivity index (χ4n) is 2.04. The summed E-state index contributed by atoms with van der Waals surface area (Å²) in [5.74, 6) is 1.67. The number of hydrogen-bond acceptors (Lipinski definition) is 4. The fourth-order valence-corrected chi connectivity index (χ4v) is 2.23. The van der Waals surface area contributed by atoms with Gasteiger partial charge in [-0.3, -0.25) is 4.79 Å². The van der Waals surface area contributed by atoms with Crippen molar-refractivity contribution in [2.45, 2.75) is 46.6 Å². The molecule has 0 atom stereocenters. The Hall–Kier alpha value is -1.82. The molecule has 0 saturated heterocycles. The number of amides is 1. The molecular weight excluding hydrogens is 324 g/mol. The van der Waals surface area contributed by atoms with Gasteiger partial charge < -0.3 is 20.1 Å². The molecule has 0 spiro atoms. The summed E-state index contributed by atoms with van der Waals surface area (Å²) in [5, 5.41) is 6.05. The lowest BCUT2D eigenvalue weighted by atomic mass is 10.1. The standard InChI is InChI=1S/C18H28N2O3S/c1-5-6-9-23-15-8-7-14(11-16(15)22-4)12-19-18(24)20-17(21)10-13(2)3/h7-8,11,13H,5-6,9-10,12H2,1-4H3,(H2,19,20,21,24). The van der Waals surface area contributed by atoms with E-state index in [1.807, 2.05) is 32.0 Å². The van der Waals surface area contributed by atoms with Gasteiger partial charge in [-0.25, -0.2) is 0 Å². The molecule has 2 N–H and O–H groups in total. The van der Waals surface area contributed by atoms with E-state index in [2.05, 4.69) is 17.6 Å². The van der Waals surface area contributed by atoms with Gasteiger partial charge in [-0.05, 0) is 42.3 Å². The van der Waals surface area contributed by atoms with Crippen LogP contribution in [0, 0.1) is 5.92 Å². The molecule has 5 nitrogen and oxygen atoms in total. The van der Waals surface area contributed by atoms with Gasteiger partial charge in [-0.1, -0.05) is 33.3 Å². The maximum atomic E-state index is 11.7. The molecule has 0 aliphatic heterocycles. The van der Waals surface area contributed by atoms with Crippen molar-refractivity contribution in [2.24, 2.45) is 5.92 Å². The topological polar surface area (TPSA) is 59.6 Å². The highest BCUT2D eigenvalue weighted by Crippen LogP contribution is 2.28. The maximum absolute atomic E-state index is 11.7. The van der Waals surface area contributed by atoms with Crippen LogP contribution in [0.15, 0.2) is 18.2 Å². The van der Waals surface area contributed by atoms with E-state index >= 15 is 0 Å². The highest BCUT2D eigenvalue weighted by atomic mass is 32.1. The van der Waals surface area contributed by atoms with Gasteiger partial charge in [-0.2, -0.15) is 0 Å². The molecule has 0 saturated carbocycles. The zero-order chi connectivity index (χ0) is 17.9. The first-order valence-electron chi connectivity index (χ1n) is 8.33. The average molecular weight is 353 g/mol. The summed E-state index contributed by atoms with van der Waals surface area (Å²) in [7, 11) is 1.62. The third-order valence-corrected chi connectivity index (χ3v) is 3.53. The SMILES string of the molecule is CCCCOc1ccc(CNC(=S)NC(=O)CC(C)C)cc1OC. The lowest BCUT2D eigenvalue weighted by molar-refractivity contribution is -0.120. The van der Waals surface area contributed by atoms with E-state index in [4.69, 9.17) is 21.7 Å². The van der Waals surface area contributed by atoms with Crippen molar-refractivity contribution in [3.8, 4) is 11.5 Å². The van der Waals surface area contributed by atoms with Crippen molar-refractivity contribution in [1.82, 2.24) is 10.6 Å². The summed E-state index contributed by atoms with van der Waals surface area (Å²) in [4.78, 5) is 11.7. The van der Waals surface area contributed by atoms with E-state index in [0.717, 1.165) is 24.2 Å². The summed E-state index contributed by atoms with van der Waals surface area (Å²) >= 11 is 5.14. The minimum atomic E-state index is -0.0697. The molecule has 1 rings (SSSR count). The van der Waals surface area contributed by atoms with E-state index in [9.17, 15) is 4.79 Å². The normalized spacial score (nSPS) is 10.4. The van der Waals surface area contributed by atoms with Crippen LogP contribution in [0.1, 0.15) is 45.6 Å². The summed E-state index contributed by atoms with van der Waals surface area (Å²) < 4.78 is 11.1. The van der Waals surface area contributed by atoms with Gasteiger partial charge in [0.2, 0.25) is 5.91 Å².